The normalized spacial score (nSPS) is 11.4. The van der Waals surface area contributed by atoms with Crippen LogP contribution in [0, 0.1) is 6.92 Å². The summed E-state index contributed by atoms with van der Waals surface area (Å²) in [7, 11) is 0. The second kappa shape index (κ2) is 8.03. The molecule has 4 heteroatoms. The van der Waals surface area contributed by atoms with Gasteiger partial charge in [-0.25, -0.2) is 0 Å². The van der Waals surface area contributed by atoms with Crippen molar-refractivity contribution in [2.75, 3.05) is 11.9 Å². The molecule has 0 aliphatic carbocycles. The molecule has 0 aliphatic rings. The summed E-state index contributed by atoms with van der Waals surface area (Å²) in [5, 5.41) is 2.83. The van der Waals surface area contributed by atoms with Gasteiger partial charge in [-0.15, -0.1) is 0 Å². The number of carbonyl (C=O) groups excluding carboxylic acids is 1. The zero-order valence-electron chi connectivity index (χ0n) is 13.4. The molecule has 1 atom stereocenters. The number of anilines is 1. The van der Waals surface area contributed by atoms with Crippen LogP contribution in [0.15, 0.2) is 61.2 Å². The highest BCUT2D eigenvalue weighted by molar-refractivity contribution is 5.94. The van der Waals surface area contributed by atoms with Crippen molar-refractivity contribution >= 4 is 11.6 Å². The van der Waals surface area contributed by atoms with Crippen molar-refractivity contribution in [3.8, 4) is 11.5 Å². The molecule has 0 heterocycles. The third kappa shape index (κ3) is 4.88. The lowest BCUT2D eigenvalue weighted by molar-refractivity contribution is -0.122. The van der Waals surface area contributed by atoms with E-state index in [1.807, 2.05) is 43.3 Å². The number of aryl methyl sites for hydroxylation is 1. The Morgan fingerprint density at radius 3 is 2.78 bits per heavy atom. The van der Waals surface area contributed by atoms with Crippen molar-refractivity contribution in [3.05, 3.63) is 66.7 Å². The Bertz CT molecular complexity index is 682. The van der Waals surface area contributed by atoms with Gasteiger partial charge >= 0.3 is 0 Å². The number of amides is 1. The number of carbonyl (C=O) groups is 1. The average Bonchev–Trinajstić information content (AvgIpc) is 2.55. The van der Waals surface area contributed by atoms with E-state index in [1.165, 1.54) is 0 Å². The molecule has 2 aromatic rings. The fourth-order valence-electron chi connectivity index (χ4n) is 2.00. The quantitative estimate of drug-likeness (QED) is 0.787. The summed E-state index contributed by atoms with van der Waals surface area (Å²) in [4.78, 5) is 12.3. The molecule has 0 unspecified atom stereocenters. The highest BCUT2D eigenvalue weighted by Crippen LogP contribution is 2.20. The van der Waals surface area contributed by atoms with Crippen molar-refractivity contribution < 1.29 is 14.3 Å². The molecule has 0 bridgehead atoms. The lowest BCUT2D eigenvalue weighted by atomic mass is 10.2. The number of rotatable bonds is 7. The molecule has 23 heavy (non-hydrogen) atoms. The molecule has 2 aromatic carbocycles. The molecule has 0 aromatic heterocycles. The van der Waals surface area contributed by atoms with E-state index in [0.717, 1.165) is 5.56 Å². The first-order chi connectivity index (χ1) is 11.1. The summed E-state index contributed by atoms with van der Waals surface area (Å²) in [6.45, 7) is 7.69. The van der Waals surface area contributed by atoms with Gasteiger partial charge in [-0.1, -0.05) is 36.9 Å². The molecule has 4 nitrogen and oxygen atoms in total. The molecule has 0 fully saturated rings. The van der Waals surface area contributed by atoms with Crippen molar-refractivity contribution in [1.82, 2.24) is 0 Å². The monoisotopic (exact) mass is 311 g/mol. The zero-order chi connectivity index (χ0) is 16.7. The third-order valence-electron chi connectivity index (χ3n) is 3.24. The van der Waals surface area contributed by atoms with Gasteiger partial charge in [0.05, 0.1) is 0 Å². The van der Waals surface area contributed by atoms with E-state index in [-0.39, 0.29) is 5.91 Å². The first-order valence-corrected chi connectivity index (χ1v) is 7.47. The minimum absolute atomic E-state index is 0.214. The van der Waals surface area contributed by atoms with Gasteiger partial charge in [-0.05, 0) is 37.6 Å². The van der Waals surface area contributed by atoms with E-state index in [4.69, 9.17) is 9.47 Å². The summed E-state index contributed by atoms with van der Waals surface area (Å²) in [5.41, 5.74) is 1.66. The van der Waals surface area contributed by atoms with Crippen molar-refractivity contribution in [1.29, 1.82) is 0 Å². The summed E-state index contributed by atoms with van der Waals surface area (Å²) in [6.07, 6.45) is 1.07. The van der Waals surface area contributed by atoms with Crippen molar-refractivity contribution in [3.63, 3.8) is 0 Å². The van der Waals surface area contributed by atoms with E-state index in [2.05, 4.69) is 11.9 Å². The van der Waals surface area contributed by atoms with Gasteiger partial charge in [0.15, 0.2) is 6.10 Å². The van der Waals surface area contributed by atoms with Crippen LogP contribution in [0.5, 0.6) is 11.5 Å². The fraction of sp³-hybridized carbons (Fsp3) is 0.211. The standard InChI is InChI=1S/C19H21NO3/c1-4-12-22-17-10-7-9-16(13-17)20-19(21)15(3)23-18-11-6-5-8-14(18)2/h4-11,13,15H,1,12H2,2-3H3,(H,20,21)/t15-/m1/s1. The van der Waals surface area contributed by atoms with Crippen molar-refractivity contribution in [2.45, 2.75) is 20.0 Å². The molecular formula is C19H21NO3. The van der Waals surface area contributed by atoms with E-state index in [9.17, 15) is 4.79 Å². The SMILES string of the molecule is C=CCOc1cccc(NC(=O)[C@@H](C)Oc2ccccc2C)c1. The van der Waals surface area contributed by atoms with Gasteiger partial charge in [-0.3, -0.25) is 4.79 Å². The second-order valence-electron chi connectivity index (χ2n) is 5.14. The van der Waals surface area contributed by atoms with Crippen LogP contribution >= 0.6 is 0 Å². The second-order valence-corrected chi connectivity index (χ2v) is 5.14. The van der Waals surface area contributed by atoms with Crippen LogP contribution in [0.2, 0.25) is 0 Å². The Morgan fingerprint density at radius 2 is 2.04 bits per heavy atom. The van der Waals surface area contributed by atoms with Gasteiger partial charge in [0.1, 0.15) is 18.1 Å². The predicted octanol–water partition coefficient (Wildman–Crippen LogP) is 3.97. The molecule has 1 N–H and O–H groups in total. The Hall–Kier alpha value is -2.75. The Labute approximate surface area is 136 Å². The van der Waals surface area contributed by atoms with Gasteiger partial charge in [-0.2, -0.15) is 0 Å². The van der Waals surface area contributed by atoms with Gasteiger partial charge in [0.25, 0.3) is 5.91 Å². The number of ether oxygens (including phenoxy) is 2. The summed E-state index contributed by atoms with van der Waals surface area (Å²) in [5.74, 6) is 1.17. The van der Waals surface area contributed by atoms with E-state index in [1.54, 1.807) is 25.1 Å². The number of para-hydroxylation sites is 1. The lowest BCUT2D eigenvalue weighted by Gasteiger charge is -2.16. The topological polar surface area (TPSA) is 47.6 Å². The highest BCUT2D eigenvalue weighted by Gasteiger charge is 2.15. The van der Waals surface area contributed by atoms with Crippen LogP contribution in [0.3, 0.4) is 0 Å². The van der Waals surface area contributed by atoms with Crippen LogP contribution in [0.25, 0.3) is 0 Å². The predicted molar refractivity (Wildman–Crippen MR) is 92.0 cm³/mol. The summed E-state index contributed by atoms with van der Waals surface area (Å²) >= 11 is 0. The zero-order valence-corrected chi connectivity index (χ0v) is 13.4. The minimum Gasteiger partial charge on any atom is -0.489 e. The highest BCUT2D eigenvalue weighted by atomic mass is 16.5. The van der Waals surface area contributed by atoms with Crippen LogP contribution in [0.4, 0.5) is 5.69 Å². The van der Waals surface area contributed by atoms with E-state index >= 15 is 0 Å². The van der Waals surface area contributed by atoms with Gasteiger partial charge in [0, 0.05) is 11.8 Å². The molecule has 2 rings (SSSR count). The number of hydrogen-bond donors (Lipinski definition) is 1. The maximum absolute atomic E-state index is 12.3. The molecule has 120 valence electrons. The lowest BCUT2D eigenvalue weighted by Crippen LogP contribution is -2.30. The van der Waals surface area contributed by atoms with Crippen molar-refractivity contribution in [2.24, 2.45) is 0 Å². The maximum atomic E-state index is 12.3. The van der Waals surface area contributed by atoms with E-state index < -0.39 is 6.10 Å². The van der Waals surface area contributed by atoms with Gasteiger partial charge in [0.2, 0.25) is 0 Å². The number of benzene rings is 2. The first kappa shape index (κ1) is 16.6. The molecule has 0 saturated carbocycles. The smallest absolute Gasteiger partial charge is 0.265 e. The Morgan fingerprint density at radius 1 is 1.26 bits per heavy atom. The van der Waals surface area contributed by atoms with Gasteiger partial charge < -0.3 is 14.8 Å². The number of hydrogen-bond acceptors (Lipinski definition) is 3. The molecule has 0 spiro atoms. The van der Waals surface area contributed by atoms with Crippen LogP contribution < -0.4 is 14.8 Å². The third-order valence-corrected chi connectivity index (χ3v) is 3.24. The molecule has 0 saturated heterocycles. The van der Waals surface area contributed by atoms with E-state index in [0.29, 0.717) is 23.8 Å². The minimum atomic E-state index is -0.603. The van der Waals surface area contributed by atoms with Crippen LogP contribution in [0.1, 0.15) is 12.5 Å². The van der Waals surface area contributed by atoms with Crippen LogP contribution in [-0.4, -0.2) is 18.6 Å². The molecule has 0 aliphatic heterocycles. The Kier molecular flexibility index (Phi) is 5.80. The molecular weight excluding hydrogens is 290 g/mol. The largest absolute Gasteiger partial charge is 0.489 e. The Balaban J connectivity index is 1.98. The first-order valence-electron chi connectivity index (χ1n) is 7.47. The summed E-state index contributed by atoms with van der Waals surface area (Å²) < 4.78 is 11.2. The average molecular weight is 311 g/mol. The fourth-order valence-corrected chi connectivity index (χ4v) is 2.00. The molecule has 0 radical (unpaired) electrons. The maximum Gasteiger partial charge on any atom is 0.265 e. The number of nitrogens with one attached hydrogen (secondary N) is 1. The van der Waals surface area contributed by atoms with Crippen LogP contribution in [-0.2, 0) is 4.79 Å². The molecule has 1 amide bonds. The summed E-state index contributed by atoms with van der Waals surface area (Å²) in [6, 6.07) is 14.8.